The molecule has 0 unspecified atom stereocenters. The van der Waals surface area contributed by atoms with Crippen LogP contribution in [0, 0.1) is 12.8 Å². The Morgan fingerprint density at radius 2 is 1.78 bits per heavy atom. The number of aromatic nitrogens is 3. The zero-order valence-corrected chi connectivity index (χ0v) is 17.0. The quantitative estimate of drug-likeness (QED) is 0.844. The summed E-state index contributed by atoms with van der Waals surface area (Å²) >= 11 is 0. The van der Waals surface area contributed by atoms with Gasteiger partial charge in [-0.15, -0.1) is 0 Å². The van der Waals surface area contributed by atoms with Gasteiger partial charge in [0.05, 0.1) is 6.04 Å². The molecule has 3 rings (SSSR count). The van der Waals surface area contributed by atoms with Gasteiger partial charge in [-0.2, -0.15) is 15.0 Å². The average molecular weight is 369 g/mol. The normalized spacial score (nSPS) is 17.0. The molecule has 1 aromatic carbocycles. The van der Waals surface area contributed by atoms with Gasteiger partial charge in [0, 0.05) is 14.1 Å². The Kier molecular flexibility index (Phi) is 6.26. The van der Waals surface area contributed by atoms with Crippen molar-refractivity contribution in [2.24, 2.45) is 5.92 Å². The molecule has 0 aliphatic carbocycles. The number of piperidine rings is 1. The minimum atomic E-state index is 0.159. The first-order valence-electron chi connectivity index (χ1n) is 9.90. The lowest BCUT2D eigenvalue weighted by Crippen LogP contribution is -2.36. The van der Waals surface area contributed by atoms with Crippen molar-refractivity contribution in [1.82, 2.24) is 19.9 Å². The number of aryl methyl sites for hydroxylation is 2. The van der Waals surface area contributed by atoms with Crippen molar-refractivity contribution in [3.63, 3.8) is 0 Å². The minimum absolute atomic E-state index is 0.159. The summed E-state index contributed by atoms with van der Waals surface area (Å²) in [5, 5.41) is 0. The lowest BCUT2D eigenvalue weighted by Gasteiger charge is -2.35. The summed E-state index contributed by atoms with van der Waals surface area (Å²) in [6, 6.07) is 9.11. The van der Waals surface area contributed by atoms with Gasteiger partial charge in [-0.05, 0) is 64.1 Å². The molecule has 1 aliphatic heterocycles. The van der Waals surface area contributed by atoms with Crippen LogP contribution in [0.25, 0.3) is 0 Å². The van der Waals surface area contributed by atoms with Gasteiger partial charge in [0.1, 0.15) is 0 Å². The second kappa shape index (κ2) is 8.65. The van der Waals surface area contributed by atoms with Gasteiger partial charge in [-0.1, -0.05) is 29.8 Å². The van der Waals surface area contributed by atoms with Crippen LogP contribution >= 0.6 is 0 Å². The summed E-state index contributed by atoms with van der Waals surface area (Å²) in [5.41, 5.74) is 8.67. The van der Waals surface area contributed by atoms with Crippen LogP contribution in [0.2, 0.25) is 0 Å². The summed E-state index contributed by atoms with van der Waals surface area (Å²) in [6.45, 7) is 6.48. The molecule has 1 aliphatic rings. The van der Waals surface area contributed by atoms with E-state index in [0.717, 1.165) is 24.8 Å². The number of anilines is 2. The molecule has 1 saturated heterocycles. The highest BCUT2D eigenvalue weighted by atomic mass is 15.3. The first-order valence-corrected chi connectivity index (χ1v) is 9.90. The number of nitrogen functional groups attached to an aromatic ring is 1. The fourth-order valence-electron chi connectivity index (χ4n) is 3.70. The number of likely N-dealkylation sites (tertiary alicyclic amines) is 1. The van der Waals surface area contributed by atoms with Crippen LogP contribution in [0.15, 0.2) is 24.3 Å². The Labute approximate surface area is 162 Å². The maximum absolute atomic E-state index is 5.88. The largest absolute Gasteiger partial charge is 0.368 e. The number of hydrogen-bond acceptors (Lipinski definition) is 6. The third-order valence-corrected chi connectivity index (χ3v) is 5.59. The van der Waals surface area contributed by atoms with Crippen LogP contribution in [-0.2, 0) is 6.42 Å². The van der Waals surface area contributed by atoms with Gasteiger partial charge in [0.25, 0.3) is 0 Å². The maximum Gasteiger partial charge on any atom is 0.229 e. The third kappa shape index (κ3) is 5.16. The highest BCUT2D eigenvalue weighted by Crippen LogP contribution is 2.28. The van der Waals surface area contributed by atoms with E-state index >= 15 is 0 Å². The van der Waals surface area contributed by atoms with E-state index in [1.165, 1.54) is 36.8 Å². The molecule has 2 N–H and O–H groups in total. The van der Waals surface area contributed by atoms with E-state index in [2.05, 4.69) is 58.0 Å². The zero-order chi connectivity index (χ0) is 19.4. The van der Waals surface area contributed by atoms with E-state index in [0.29, 0.717) is 11.9 Å². The average Bonchev–Trinajstić information content (AvgIpc) is 2.67. The van der Waals surface area contributed by atoms with E-state index in [4.69, 9.17) is 5.73 Å². The van der Waals surface area contributed by atoms with Crippen LogP contribution in [0.3, 0.4) is 0 Å². The lowest BCUT2D eigenvalue weighted by molar-refractivity contribution is 0.133. The van der Waals surface area contributed by atoms with Crippen LogP contribution in [0.1, 0.15) is 49.2 Å². The van der Waals surface area contributed by atoms with Gasteiger partial charge in [0.2, 0.25) is 11.9 Å². The number of rotatable bonds is 6. The van der Waals surface area contributed by atoms with Crippen LogP contribution in [0.4, 0.5) is 11.9 Å². The van der Waals surface area contributed by atoms with Crippen LogP contribution in [0.5, 0.6) is 0 Å². The number of hydrogen-bond donors (Lipinski definition) is 1. The molecule has 6 heteroatoms. The van der Waals surface area contributed by atoms with Crippen LogP contribution in [-0.4, -0.2) is 47.0 Å². The number of nitrogens with two attached hydrogens (primary N) is 1. The zero-order valence-electron chi connectivity index (χ0n) is 17.0. The molecule has 2 heterocycles. The van der Waals surface area contributed by atoms with Crippen molar-refractivity contribution in [3.05, 3.63) is 41.2 Å². The monoisotopic (exact) mass is 368 g/mol. The molecule has 0 spiro atoms. The Hall–Kier alpha value is -2.21. The molecule has 27 heavy (non-hydrogen) atoms. The summed E-state index contributed by atoms with van der Waals surface area (Å²) in [7, 11) is 3.84. The third-order valence-electron chi connectivity index (χ3n) is 5.59. The predicted molar refractivity (Wildman–Crippen MR) is 111 cm³/mol. The van der Waals surface area contributed by atoms with E-state index < -0.39 is 0 Å². The van der Waals surface area contributed by atoms with Crippen molar-refractivity contribution in [1.29, 1.82) is 0 Å². The number of nitrogens with zero attached hydrogens (tertiary/aromatic N) is 5. The molecular weight excluding hydrogens is 336 g/mol. The molecule has 6 nitrogen and oxygen atoms in total. The maximum atomic E-state index is 5.88. The van der Waals surface area contributed by atoms with Gasteiger partial charge in [0.15, 0.2) is 5.82 Å². The molecule has 1 fully saturated rings. The molecular formula is C21H32N6. The summed E-state index contributed by atoms with van der Waals surface area (Å²) in [6.07, 6.45) is 4.92. The van der Waals surface area contributed by atoms with E-state index in [1.807, 2.05) is 19.0 Å². The van der Waals surface area contributed by atoms with E-state index in [1.54, 1.807) is 0 Å². The summed E-state index contributed by atoms with van der Waals surface area (Å²) in [4.78, 5) is 17.5. The lowest BCUT2D eigenvalue weighted by atomic mass is 9.90. The van der Waals surface area contributed by atoms with Crippen molar-refractivity contribution in [2.45, 2.75) is 45.6 Å². The molecule has 146 valence electrons. The van der Waals surface area contributed by atoms with Gasteiger partial charge in [-0.25, -0.2) is 0 Å². The summed E-state index contributed by atoms with van der Waals surface area (Å²) < 4.78 is 0. The van der Waals surface area contributed by atoms with Gasteiger partial charge >= 0.3 is 0 Å². The van der Waals surface area contributed by atoms with Crippen LogP contribution < -0.4 is 10.6 Å². The van der Waals surface area contributed by atoms with Gasteiger partial charge in [-0.3, -0.25) is 4.90 Å². The minimum Gasteiger partial charge on any atom is -0.368 e. The topological polar surface area (TPSA) is 71.2 Å². The van der Waals surface area contributed by atoms with Crippen molar-refractivity contribution in [2.75, 3.05) is 37.8 Å². The Balaban J connectivity index is 1.53. The number of benzene rings is 1. The van der Waals surface area contributed by atoms with Crippen molar-refractivity contribution in [3.8, 4) is 0 Å². The Bertz CT molecular complexity index is 735. The van der Waals surface area contributed by atoms with Crippen molar-refractivity contribution < 1.29 is 0 Å². The fourth-order valence-corrected chi connectivity index (χ4v) is 3.70. The predicted octanol–water partition coefficient (Wildman–Crippen LogP) is 3.23. The first-order chi connectivity index (χ1) is 12.9. The fraction of sp³-hybridized carbons (Fsp3) is 0.571. The van der Waals surface area contributed by atoms with Gasteiger partial charge < -0.3 is 10.6 Å². The molecule has 0 saturated carbocycles. The highest BCUT2D eigenvalue weighted by molar-refractivity contribution is 5.33. The SMILES string of the molecule is Cc1ccc(CCC2CCN([C@@H](C)c3nc(N)nc(N(C)C)n3)CC2)cc1. The van der Waals surface area contributed by atoms with E-state index in [-0.39, 0.29) is 6.04 Å². The summed E-state index contributed by atoms with van der Waals surface area (Å²) in [5.74, 6) is 2.49. The van der Waals surface area contributed by atoms with Crippen molar-refractivity contribution >= 4 is 11.9 Å². The standard InChI is InChI=1S/C21H32N6/c1-15-5-7-17(8-6-15)9-10-18-11-13-27(14-12-18)16(2)19-23-20(22)25-21(24-19)26(3)4/h5-8,16,18H,9-14H2,1-4H3,(H2,22,23,24,25)/t16-/m0/s1. The first kappa shape index (κ1) is 19.5. The molecule has 0 amide bonds. The Morgan fingerprint density at radius 1 is 1.11 bits per heavy atom. The molecule has 1 aromatic heterocycles. The second-order valence-electron chi connectivity index (χ2n) is 7.93. The Morgan fingerprint density at radius 3 is 2.41 bits per heavy atom. The van der Waals surface area contributed by atoms with E-state index in [9.17, 15) is 0 Å². The second-order valence-corrected chi connectivity index (χ2v) is 7.93. The molecule has 1 atom stereocenters. The highest BCUT2D eigenvalue weighted by Gasteiger charge is 2.25. The molecule has 0 bridgehead atoms. The smallest absolute Gasteiger partial charge is 0.229 e. The molecule has 2 aromatic rings. The molecule has 0 radical (unpaired) electrons.